The topological polar surface area (TPSA) is 82.6 Å². The quantitative estimate of drug-likeness (QED) is 0.807. The van der Waals surface area contributed by atoms with Crippen molar-refractivity contribution in [1.82, 2.24) is 9.97 Å². The Hall–Kier alpha value is -1.44. The fraction of sp³-hybridized carbons (Fsp3) is 0.500. The number of methoxy groups -OCH3 is 1. The fourth-order valence-electron chi connectivity index (χ4n) is 1.39. The summed E-state index contributed by atoms with van der Waals surface area (Å²) in [6, 6.07) is 1.44. The molecule has 0 aromatic carbocycles. The predicted molar refractivity (Wildman–Crippen MR) is 62.8 cm³/mol. The third-order valence-corrected chi connectivity index (χ3v) is 2.42. The molecule has 1 saturated heterocycles. The van der Waals surface area contributed by atoms with Gasteiger partial charge in [-0.05, 0) is 0 Å². The van der Waals surface area contributed by atoms with E-state index in [1.807, 2.05) is 0 Å². The molecule has 7 nitrogen and oxygen atoms in total. The standard InChI is InChI=1S/C10H12ClN3O4/c1-16-8-4-7(11)12-10(13-8)14-9(15)6-5-17-2-3-18-6/h4,6H,2-3,5H2,1H3,(H,12,13,14,15). The van der Waals surface area contributed by atoms with Crippen molar-refractivity contribution in [2.24, 2.45) is 0 Å². The number of carbonyl (C=O) groups excluding carboxylic acids is 1. The number of amides is 1. The van der Waals surface area contributed by atoms with Crippen LogP contribution in [0.15, 0.2) is 6.07 Å². The highest BCUT2D eigenvalue weighted by molar-refractivity contribution is 6.29. The van der Waals surface area contributed by atoms with Gasteiger partial charge < -0.3 is 14.2 Å². The van der Waals surface area contributed by atoms with Crippen LogP contribution < -0.4 is 10.1 Å². The number of ether oxygens (including phenoxy) is 3. The maximum atomic E-state index is 11.8. The van der Waals surface area contributed by atoms with Crippen molar-refractivity contribution in [1.29, 1.82) is 0 Å². The van der Waals surface area contributed by atoms with Gasteiger partial charge in [0, 0.05) is 6.07 Å². The third kappa shape index (κ3) is 3.28. The second kappa shape index (κ2) is 5.94. The van der Waals surface area contributed by atoms with Crippen LogP contribution in [0.3, 0.4) is 0 Å². The summed E-state index contributed by atoms with van der Waals surface area (Å²) < 4.78 is 15.3. The van der Waals surface area contributed by atoms with E-state index < -0.39 is 6.10 Å². The highest BCUT2D eigenvalue weighted by Crippen LogP contribution is 2.16. The minimum Gasteiger partial charge on any atom is -0.481 e. The van der Waals surface area contributed by atoms with Crippen LogP contribution in [0, 0.1) is 0 Å². The largest absolute Gasteiger partial charge is 0.481 e. The average molecular weight is 274 g/mol. The maximum Gasteiger partial charge on any atom is 0.258 e. The van der Waals surface area contributed by atoms with Gasteiger partial charge >= 0.3 is 0 Å². The first-order chi connectivity index (χ1) is 8.69. The van der Waals surface area contributed by atoms with Crippen molar-refractivity contribution in [2.45, 2.75) is 6.10 Å². The number of hydrogen-bond donors (Lipinski definition) is 1. The zero-order chi connectivity index (χ0) is 13.0. The molecule has 1 atom stereocenters. The molecular formula is C10H12ClN3O4. The molecule has 8 heteroatoms. The molecule has 2 heterocycles. The molecule has 1 aliphatic heterocycles. The Labute approximate surface area is 108 Å². The van der Waals surface area contributed by atoms with Crippen LogP contribution in [0.2, 0.25) is 5.15 Å². The van der Waals surface area contributed by atoms with E-state index in [4.69, 9.17) is 25.8 Å². The lowest BCUT2D eigenvalue weighted by molar-refractivity contribution is -0.142. The van der Waals surface area contributed by atoms with Crippen LogP contribution in [-0.4, -0.2) is 48.9 Å². The van der Waals surface area contributed by atoms with Crippen LogP contribution >= 0.6 is 11.6 Å². The summed E-state index contributed by atoms with van der Waals surface area (Å²) in [4.78, 5) is 19.6. The number of nitrogens with one attached hydrogen (secondary N) is 1. The highest BCUT2D eigenvalue weighted by Gasteiger charge is 2.23. The minimum absolute atomic E-state index is 0.0681. The van der Waals surface area contributed by atoms with E-state index in [-0.39, 0.29) is 29.5 Å². The normalized spacial score (nSPS) is 19.3. The first kappa shape index (κ1) is 13.0. The van der Waals surface area contributed by atoms with Crippen LogP contribution in [-0.2, 0) is 14.3 Å². The number of aromatic nitrogens is 2. The summed E-state index contributed by atoms with van der Waals surface area (Å²) >= 11 is 5.76. The Bertz CT molecular complexity index is 437. The van der Waals surface area contributed by atoms with E-state index in [1.54, 1.807) is 0 Å². The van der Waals surface area contributed by atoms with Crippen LogP contribution in [0.4, 0.5) is 5.95 Å². The summed E-state index contributed by atoms with van der Waals surface area (Å²) in [6.45, 7) is 1.09. The molecular weight excluding hydrogens is 262 g/mol. The molecule has 0 aliphatic carbocycles. The van der Waals surface area contributed by atoms with Crippen molar-refractivity contribution in [3.8, 4) is 5.88 Å². The second-order valence-electron chi connectivity index (χ2n) is 3.48. The van der Waals surface area contributed by atoms with Gasteiger partial charge in [-0.25, -0.2) is 4.98 Å². The number of anilines is 1. The minimum atomic E-state index is -0.660. The Kier molecular flexibility index (Phi) is 4.29. The zero-order valence-electron chi connectivity index (χ0n) is 9.68. The van der Waals surface area contributed by atoms with Gasteiger partial charge in [0.1, 0.15) is 5.15 Å². The van der Waals surface area contributed by atoms with E-state index in [9.17, 15) is 4.79 Å². The zero-order valence-corrected chi connectivity index (χ0v) is 10.4. The molecule has 1 N–H and O–H groups in total. The van der Waals surface area contributed by atoms with Gasteiger partial charge in [0.25, 0.3) is 5.91 Å². The van der Waals surface area contributed by atoms with Crippen molar-refractivity contribution in [3.05, 3.63) is 11.2 Å². The maximum absolute atomic E-state index is 11.8. The predicted octanol–water partition coefficient (Wildman–Crippen LogP) is 0.492. The van der Waals surface area contributed by atoms with E-state index in [1.165, 1.54) is 13.2 Å². The van der Waals surface area contributed by atoms with Gasteiger partial charge in [-0.3, -0.25) is 10.1 Å². The van der Waals surface area contributed by atoms with E-state index in [2.05, 4.69) is 15.3 Å². The number of nitrogens with zero attached hydrogens (tertiary/aromatic N) is 2. The van der Waals surface area contributed by atoms with Gasteiger partial charge in [-0.15, -0.1) is 0 Å². The van der Waals surface area contributed by atoms with Crippen LogP contribution in [0.1, 0.15) is 0 Å². The van der Waals surface area contributed by atoms with E-state index in [0.717, 1.165) is 0 Å². The first-order valence-corrected chi connectivity index (χ1v) is 5.65. The van der Waals surface area contributed by atoms with Crippen molar-refractivity contribution < 1.29 is 19.0 Å². The molecule has 1 amide bonds. The number of halogens is 1. The molecule has 1 aromatic rings. The SMILES string of the molecule is COc1cc(Cl)nc(NC(=O)C2COCCO2)n1. The molecule has 0 spiro atoms. The smallest absolute Gasteiger partial charge is 0.258 e. The summed E-state index contributed by atoms with van der Waals surface area (Å²) in [7, 11) is 1.45. The second-order valence-corrected chi connectivity index (χ2v) is 3.87. The number of hydrogen-bond acceptors (Lipinski definition) is 6. The molecule has 1 fully saturated rings. The lowest BCUT2D eigenvalue weighted by Crippen LogP contribution is -2.39. The van der Waals surface area contributed by atoms with Crippen molar-refractivity contribution >= 4 is 23.5 Å². The van der Waals surface area contributed by atoms with Gasteiger partial charge in [0.2, 0.25) is 11.8 Å². The van der Waals surface area contributed by atoms with Crippen molar-refractivity contribution in [3.63, 3.8) is 0 Å². The van der Waals surface area contributed by atoms with Gasteiger partial charge in [-0.1, -0.05) is 11.6 Å². The fourth-order valence-corrected chi connectivity index (χ4v) is 1.56. The molecule has 0 radical (unpaired) electrons. The Morgan fingerprint density at radius 2 is 2.39 bits per heavy atom. The summed E-state index contributed by atoms with van der Waals surface area (Å²) in [5, 5.41) is 2.68. The monoisotopic (exact) mass is 273 g/mol. The Morgan fingerprint density at radius 3 is 3.06 bits per heavy atom. The molecule has 1 aromatic heterocycles. The molecule has 0 saturated carbocycles. The van der Waals surface area contributed by atoms with Crippen LogP contribution in [0.5, 0.6) is 5.88 Å². The van der Waals surface area contributed by atoms with Crippen LogP contribution in [0.25, 0.3) is 0 Å². The Balaban J connectivity index is 2.03. The lowest BCUT2D eigenvalue weighted by Gasteiger charge is -2.21. The van der Waals surface area contributed by atoms with E-state index in [0.29, 0.717) is 13.2 Å². The number of rotatable bonds is 3. The summed E-state index contributed by atoms with van der Waals surface area (Å²) in [5.74, 6) is -0.0383. The molecule has 0 bridgehead atoms. The van der Waals surface area contributed by atoms with Gasteiger partial charge in [-0.2, -0.15) is 4.98 Å². The first-order valence-electron chi connectivity index (χ1n) is 5.28. The summed E-state index contributed by atoms with van der Waals surface area (Å²) in [5.41, 5.74) is 0. The average Bonchev–Trinajstić information content (AvgIpc) is 2.39. The van der Waals surface area contributed by atoms with Crippen molar-refractivity contribution in [2.75, 3.05) is 32.2 Å². The lowest BCUT2D eigenvalue weighted by atomic mass is 10.3. The van der Waals surface area contributed by atoms with Gasteiger partial charge in [0.05, 0.1) is 26.9 Å². The summed E-state index contributed by atoms with van der Waals surface area (Å²) in [6.07, 6.45) is -0.660. The van der Waals surface area contributed by atoms with Gasteiger partial charge in [0.15, 0.2) is 6.10 Å². The molecule has 18 heavy (non-hydrogen) atoms. The third-order valence-electron chi connectivity index (χ3n) is 2.22. The molecule has 1 unspecified atom stereocenters. The Morgan fingerprint density at radius 1 is 1.56 bits per heavy atom. The molecule has 98 valence electrons. The molecule has 2 rings (SSSR count). The highest BCUT2D eigenvalue weighted by atomic mass is 35.5. The van der Waals surface area contributed by atoms with E-state index >= 15 is 0 Å². The number of carbonyl (C=O) groups is 1. The molecule has 1 aliphatic rings.